The average Bonchev–Trinajstić information content (AvgIpc) is 2.46. The zero-order valence-corrected chi connectivity index (χ0v) is 12.2. The number of urea groups is 1. The molecule has 0 saturated heterocycles. The third kappa shape index (κ3) is 3.16. The van der Waals surface area contributed by atoms with Crippen molar-refractivity contribution in [3.8, 4) is 5.75 Å². The largest absolute Gasteiger partial charge is 0.497 e. The van der Waals surface area contributed by atoms with Crippen molar-refractivity contribution in [1.82, 2.24) is 10.6 Å². The van der Waals surface area contributed by atoms with Gasteiger partial charge in [0.1, 0.15) is 5.75 Å². The number of carbonyl (C=O) groups excluding carboxylic acids is 2. The minimum absolute atomic E-state index is 0.277. The topological polar surface area (TPSA) is 76.7 Å². The van der Waals surface area contributed by atoms with Crippen molar-refractivity contribution in [2.24, 2.45) is 0 Å². The number of amides is 2. The van der Waals surface area contributed by atoms with E-state index < -0.39 is 12.0 Å². The number of hydrogen-bond donors (Lipinski definition) is 2. The highest BCUT2D eigenvalue weighted by Crippen LogP contribution is 2.24. The SMILES string of the molecule is CCOC(=O)C1=C(c2ccc(OC)cc2)NC(=O)NC1C. The van der Waals surface area contributed by atoms with E-state index in [2.05, 4.69) is 10.6 Å². The molecule has 1 aromatic carbocycles. The predicted molar refractivity (Wildman–Crippen MR) is 77.7 cm³/mol. The molecule has 0 spiro atoms. The van der Waals surface area contributed by atoms with E-state index in [0.717, 1.165) is 5.56 Å². The van der Waals surface area contributed by atoms with Gasteiger partial charge in [0, 0.05) is 0 Å². The fraction of sp³-hybridized carbons (Fsp3) is 0.333. The fourth-order valence-corrected chi connectivity index (χ4v) is 2.18. The Labute approximate surface area is 123 Å². The average molecular weight is 290 g/mol. The minimum atomic E-state index is -0.441. The van der Waals surface area contributed by atoms with Crippen molar-refractivity contribution in [2.45, 2.75) is 19.9 Å². The Bertz CT molecular complexity index is 578. The van der Waals surface area contributed by atoms with Crippen LogP contribution in [0.1, 0.15) is 19.4 Å². The summed E-state index contributed by atoms with van der Waals surface area (Å²) in [6.07, 6.45) is 0. The van der Waals surface area contributed by atoms with E-state index in [0.29, 0.717) is 17.0 Å². The van der Waals surface area contributed by atoms with Crippen molar-refractivity contribution >= 4 is 17.7 Å². The molecule has 0 saturated carbocycles. The maximum atomic E-state index is 12.1. The first-order chi connectivity index (χ1) is 10.1. The normalized spacial score (nSPS) is 17.9. The lowest BCUT2D eigenvalue weighted by molar-refractivity contribution is -0.138. The maximum Gasteiger partial charge on any atom is 0.338 e. The molecule has 0 bridgehead atoms. The standard InChI is InChI=1S/C15H18N2O4/c1-4-21-14(18)12-9(2)16-15(19)17-13(12)10-5-7-11(20-3)8-6-10/h5-9H,4H2,1-3H3,(H2,16,17,19). The number of methoxy groups -OCH3 is 1. The Morgan fingerprint density at radius 1 is 1.29 bits per heavy atom. The Morgan fingerprint density at radius 2 is 1.95 bits per heavy atom. The lowest BCUT2D eigenvalue weighted by Crippen LogP contribution is -2.48. The second-order valence-electron chi connectivity index (χ2n) is 4.56. The molecule has 112 valence electrons. The molecule has 6 heteroatoms. The lowest BCUT2D eigenvalue weighted by Gasteiger charge is -2.26. The monoisotopic (exact) mass is 290 g/mol. The number of benzene rings is 1. The zero-order valence-electron chi connectivity index (χ0n) is 12.2. The van der Waals surface area contributed by atoms with Crippen LogP contribution >= 0.6 is 0 Å². The molecule has 1 atom stereocenters. The van der Waals surface area contributed by atoms with Gasteiger partial charge in [0.05, 0.1) is 31.0 Å². The summed E-state index contributed by atoms with van der Waals surface area (Å²) in [5.74, 6) is 0.258. The van der Waals surface area contributed by atoms with Gasteiger partial charge < -0.3 is 20.1 Å². The van der Waals surface area contributed by atoms with Crippen LogP contribution in [0.3, 0.4) is 0 Å². The van der Waals surface area contributed by atoms with E-state index in [9.17, 15) is 9.59 Å². The van der Waals surface area contributed by atoms with Crippen molar-refractivity contribution in [2.75, 3.05) is 13.7 Å². The highest BCUT2D eigenvalue weighted by molar-refractivity contribution is 6.04. The second-order valence-corrected chi connectivity index (χ2v) is 4.56. The van der Waals surface area contributed by atoms with Crippen molar-refractivity contribution in [3.63, 3.8) is 0 Å². The molecule has 1 aliphatic heterocycles. The van der Waals surface area contributed by atoms with Crippen LogP contribution in [0.15, 0.2) is 29.8 Å². The van der Waals surface area contributed by atoms with Gasteiger partial charge in [-0.25, -0.2) is 9.59 Å². The van der Waals surface area contributed by atoms with Crippen LogP contribution in [0.25, 0.3) is 5.70 Å². The van der Waals surface area contributed by atoms with Crippen LogP contribution in [0.4, 0.5) is 4.79 Å². The first-order valence-corrected chi connectivity index (χ1v) is 6.70. The lowest BCUT2D eigenvalue weighted by atomic mass is 9.99. The molecule has 21 heavy (non-hydrogen) atoms. The van der Waals surface area contributed by atoms with Gasteiger partial charge in [0.25, 0.3) is 0 Å². The van der Waals surface area contributed by atoms with Crippen LogP contribution in [-0.4, -0.2) is 31.8 Å². The highest BCUT2D eigenvalue weighted by Gasteiger charge is 2.30. The summed E-state index contributed by atoms with van der Waals surface area (Å²) in [5, 5.41) is 5.34. The van der Waals surface area contributed by atoms with Crippen LogP contribution in [0.2, 0.25) is 0 Å². The number of rotatable bonds is 4. The van der Waals surface area contributed by atoms with E-state index in [-0.39, 0.29) is 12.6 Å². The Balaban J connectivity index is 2.47. The fourth-order valence-electron chi connectivity index (χ4n) is 2.18. The molecule has 1 aromatic rings. The van der Waals surface area contributed by atoms with Crippen molar-refractivity contribution in [3.05, 3.63) is 35.4 Å². The molecule has 1 heterocycles. The quantitative estimate of drug-likeness (QED) is 0.827. The van der Waals surface area contributed by atoms with Gasteiger partial charge in [0.2, 0.25) is 0 Å². The van der Waals surface area contributed by atoms with Gasteiger partial charge >= 0.3 is 12.0 Å². The van der Waals surface area contributed by atoms with Crippen LogP contribution < -0.4 is 15.4 Å². The molecular formula is C15H18N2O4. The van der Waals surface area contributed by atoms with E-state index in [1.165, 1.54) is 0 Å². The summed E-state index contributed by atoms with van der Waals surface area (Å²) in [5.41, 5.74) is 1.59. The maximum absolute atomic E-state index is 12.1. The summed E-state index contributed by atoms with van der Waals surface area (Å²) >= 11 is 0. The molecule has 0 aliphatic carbocycles. The third-order valence-corrected chi connectivity index (χ3v) is 3.16. The van der Waals surface area contributed by atoms with Crippen LogP contribution in [0, 0.1) is 0 Å². The molecule has 0 radical (unpaired) electrons. The van der Waals surface area contributed by atoms with E-state index in [4.69, 9.17) is 9.47 Å². The van der Waals surface area contributed by atoms with E-state index in [1.54, 1.807) is 45.2 Å². The van der Waals surface area contributed by atoms with Crippen molar-refractivity contribution < 1.29 is 19.1 Å². The molecule has 2 amide bonds. The minimum Gasteiger partial charge on any atom is -0.497 e. The zero-order chi connectivity index (χ0) is 15.4. The summed E-state index contributed by atoms with van der Waals surface area (Å²) < 4.78 is 10.2. The number of carbonyl (C=O) groups is 2. The molecule has 0 aromatic heterocycles. The van der Waals surface area contributed by atoms with Gasteiger partial charge in [0.15, 0.2) is 0 Å². The summed E-state index contributed by atoms with van der Waals surface area (Å²) in [7, 11) is 1.58. The van der Waals surface area contributed by atoms with Gasteiger partial charge in [-0.3, -0.25) is 0 Å². The molecule has 2 rings (SSSR count). The summed E-state index contributed by atoms with van der Waals surface area (Å²) in [6, 6.07) is 6.34. The Morgan fingerprint density at radius 3 is 2.52 bits per heavy atom. The summed E-state index contributed by atoms with van der Waals surface area (Å²) in [4.78, 5) is 23.8. The van der Waals surface area contributed by atoms with Crippen LogP contribution in [0.5, 0.6) is 5.75 Å². The molecule has 2 N–H and O–H groups in total. The number of esters is 1. The predicted octanol–water partition coefficient (Wildman–Crippen LogP) is 1.67. The van der Waals surface area contributed by atoms with Gasteiger partial charge in [-0.2, -0.15) is 0 Å². The molecule has 6 nitrogen and oxygen atoms in total. The third-order valence-electron chi connectivity index (χ3n) is 3.16. The van der Waals surface area contributed by atoms with Crippen molar-refractivity contribution in [1.29, 1.82) is 0 Å². The molecular weight excluding hydrogens is 272 g/mol. The Hall–Kier alpha value is -2.50. The molecule has 0 fully saturated rings. The highest BCUT2D eigenvalue weighted by atomic mass is 16.5. The van der Waals surface area contributed by atoms with Gasteiger partial charge in [-0.15, -0.1) is 0 Å². The first-order valence-electron chi connectivity index (χ1n) is 6.70. The van der Waals surface area contributed by atoms with Gasteiger partial charge in [-0.05, 0) is 43.7 Å². The van der Waals surface area contributed by atoms with Gasteiger partial charge in [-0.1, -0.05) is 0 Å². The van der Waals surface area contributed by atoms with E-state index in [1.807, 2.05) is 0 Å². The first kappa shape index (κ1) is 14.9. The number of ether oxygens (including phenoxy) is 2. The molecule has 1 unspecified atom stereocenters. The molecule has 1 aliphatic rings. The smallest absolute Gasteiger partial charge is 0.338 e. The second kappa shape index (κ2) is 6.30. The van der Waals surface area contributed by atoms with E-state index >= 15 is 0 Å². The van der Waals surface area contributed by atoms with Crippen LogP contribution in [-0.2, 0) is 9.53 Å². The summed E-state index contributed by atoms with van der Waals surface area (Å²) in [6.45, 7) is 3.76. The number of nitrogens with one attached hydrogen (secondary N) is 2. The Kier molecular flexibility index (Phi) is 4.47. The number of hydrogen-bond acceptors (Lipinski definition) is 4.